The van der Waals surface area contributed by atoms with Gasteiger partial charge in [0.05, 0.1) is 12.2 Å². The number of carbonyl (C=O) groups excluding carboxylic acids is 1. The standard InChI is InChI=1S/C8H13NO2/c1-9(2)6-7-4-3-5-11-8(7)10/h6H,3-5H2,1-2H3. The molecule has 0 radical (unpaired) electrons. The predicted octanol–water partition coefficient (Wildman–Crippen LogP) is 0.769. The Balaban J connectivity index is 2.61. The quantitative estimate of drug-likeness (QED) is 0.414. The molecule has 0 atom stereocenters. The summed E-state index contributed by atoms with van der Waals surface area (Å²) in [5.41, 5.74) is 0.779. The lowest BCUT2D eigenvalue weighted by molar-refractivity contribution is -0.141. The van der Waals surface area contributed by atoms with Gasteiger partial charge in [0.2, 0.25) is 0 Å². The molecule has 62 valence electrons. The Morgan fingerprint density at radius 3 is 2.82 bits per heavy atom. The molecule has 0 unspecified atom stereocenters. The Morgan fingerprint density at radius 1 is 1.55 bits per heavy atom. The normalized spacial score (nSPS) is 21.6. The highest BCUT2D eigenvalue weighted by molar-refractivity contribution is 5.88. The van der Waals surface area contributed by atoms with E-state index in [2.05, 4.69) is 0 Å². The van der Waals surface area contributed by atoms with E-state index >= 15 is 0 Å². The summed E-state index contributed by atoms with van der Waals surface area (Å²) in [7, 11) is 3.80. The van der Waals surface area contributed by atoms with Crippen LogP contribution >= 0.6 is 0 Å². The average molecular weight is 155 g/mol. The van der Waals surface area contributed by atoms with Crippen LogP contribution in [0, 0.1) is 0 Å². The van der Waals surface area contributed by atoms with E-state index in [0.717, 1.165) is 18.4 Å². The Bertz CT molecular complexity index is 185. The van der Waals surface area contributed by atoms with Crippen molar-refractivity contribution >= 4 is 5.97 Å². The molecule has 3 nitrogen and oxygen atoms in total. The minimum Gasteiger partial charge on any atom is -0.462 e. The first-order valence-electron chi connectivity index (χ1n) is 3.74. The molecule has 0 aromatic rings. The SMILES string of the molecule is CN(C)C=C1CCCOC1=O. The first kappa shape index (κ1) is 8.11. The van der Waals surface area contributed by atoms with Gasteiger partial charge in [0.1, 0.15) is 0 Å². The molecule has 0 aromatic heterocycles. The second kappa shape index (κ2) is 3.42. The lowest BCUT2D eigenvalue weighted by Gasteiger charge is -2.15. The number of hydrogen-bond donors (Lipinski definition) is 0. The largest absolute Gasteiger partial charge is 0.462 e. The first-order valence-corrected chi connectivity index (χ1v) is 3.74. The Morgan fingerprint density at radius 2 is 2.27 bits per heavy atom. The van der Waals surface area contributed by atoms with Gasteiger partial charge in [0.15, 0.2) is 0 Å². The van der Waals surface area contributed by atoms with Crippen LogP contribution in [0.4, 0.5) is 0 Å². The molecule has 0 N–H and O–H groups in total. The van der Waals surface area contributed by atoms with E-state index in [9.17, 15) is 4.79 Å². The molecule has 11 heavy (non-hydrogen) atoms. The van der Waals surface area contributed by atoms with Crippen LogP contribution in [0.2, 0.25) is 0 Å². The number of rotatable bonds is 1. The number of ether oxygens (including phenoxy) is 1. The van der Waals surface area contributed by atoms with Gasteiger partial charge >= 0.3 is 5.97 Å². The third-order valence-electron chi connectivity index (χ3n) is 1.50. The van der Waals surface area contributed by atoms with Crippen LogP contribution in [-0.2, 0) is 9.53 Å². The summed E-state index contributed by atoms with van der Waals surface area (Å²) in [6, 6.07) is 0. The number of cyclic esters (lactones) is 1. The van der Waals surface area contributed by atoms with Gasteiger partial charge < -0.3 is 9.64 Å². The second-order valence-electron chi connectivity index (χ2n) is 2.86. The molecule has 0 aromatic carbocycles. The van der Waals surface area contributed by atoms with E-state index in [1.165, 1.54) is 0 Å². The molecule has 1 fully saturated rings. The predicted molar refractivity (Wildman–Crippen MR) is 42.0 cm³/mol. The summed E-state index contributed by atoms with van der Waals surface area (Å²) in [6.07, 6.45) is 3.62. The summed E-state index contributed by atoms with van der Waals surface area (Å²) in [6.45, 7) is 0.573. The van der Waals surface area contributed by atoms with Gasteiger partial charge in [-0.25, -0.2) is 4.79 Å². The van der Waals surface area contributed by atoms with Crippen molar-refractivity contribution in [2.75, 3.05) is 20.7 Å². The van der Waals surface area contributed by atoms with Gasteiger partial charge in [-0.3, -0.25) is 0 Å². The van der Waals surface area contributed by atoms with Gasteiger partial charge in [-0.05, 0) is 12.8 Å². The zero-order valence-corrected chi connectivity index (χ0v) is 6.96. The van der Waals surface area contributed by atoms with Crippen molar-refractivity contribution < 1.29 is 9.53 Å². The van der Waals surface area contributed by atoms with Crippen LogP contribution < -0.4 is 0 Å². The Hall–Kier alpha value is -0.990. The number of carbonyl (C=O) groups is 1. The maximum atomic E-state index is 11.0. The highest BCUT2D eigenvalue weighted by atomic mass is 16.5. The van der Waals surface area contributed by atoms with Crippen LogP contribution in [0.15, 0.2) is 11.8 Å². The first-order chi connectivity index (χ1) is 5.20. The molecule has 1 saturated heterocycles. The molecule has 0 saturated carbocycles. The van der Waals surface area contributed by atoms with E-state index in [1.807, 2.05) is 25.2 Å². The molecule has 1 aliphatic heterocycles. The lowest BCUT2D eigenvalue weighted by atomic mass is 10.1. The molecule has 1 aliphatic rings. The fourth-order valence-electron chi connectivity index (χ4n) is 1.05. The van der Waals surface area contributed by atoms with Gasteiger partial charge in [-0.15, -0.1) is 0 Å². The fourth-order valence-corrected chi connectivity index (χ4v) is 1.05. The van der Waals surface area contributed by atoms with Crippen molar-refractivity contribution in [1.82, 2.24) is 4.90 Å². The van der Waals surface area contributed by atoms with Crippen LogP contribution in [-0.4, -0.2) is 31.6 Å². The molecular weight excluding hydrogens is 142 g/mol. The third-order valence-corrected chi connectivity index (χ3v) is 1.50. The van der Waals surface area contributed by atoms with Crippen molar-refractivity contribution in [2.45, 2.75) is 12.8 Å². The maximum absolute atomic E-state index is 11.0. The zero-order chi connectivity index (χ0) is 8.27. The monoisotopic (exact) mass is 155 g/mol. The van der Waals surface area contributed by atoms with Crippen molar-refractivity contribution in [2.24, 2.45) is 0 Å². The van der Waals surface area contributed by atoms with Gasteiger partial charge in [-0.2, -0.15) is 0 Å². The van der Waals surface area contributed by atoms with E-state index in [-0.39, 0.29) is 5.97 Å². The van der Waals surface area contributed by atoms with Gasteiger partial charge in [-0.1, -0.05) is 0 Å². The van der Waals surface area contributed by atoms with Gasteiger partial charge in [0, 0.05) is 20.3 Å². The second-order valence-corrected chi connectivity index (χ2v) is 2.86. The summed E-state index contributed by atoms with van der Waals surface area (Å²) in [5.74, 6) is -0.162. The van der Waals surface area contributed by atoms with Crippen molar-refractivity contribution in [3.63, 3.8) is 0 Å². The van der Waals surface area contributed by atoms with E-state index < -0.39 is 0 Å². The summed E-state index contributed by atoms with van der Waals surface area (Å²) < 4.78 is 4.86. The summed E-state index contributed by atoms with van der Waals surface area (Å²) in [5, 5.41) is 0. The van der Waals surface area contributed by atoms with Crippen molar-refractivity contribution in [3.8, 4) is 0 Å². The van der Waals surface area contributed by atoms with E-state index in [0.29, 0.717) is 6.61 Å². The van der Waals surface area contributed by atoms with Crippen LogP contribution in [0.5, 0.6) is 0 Å². The van der Waals surface area contributed by atoms with Crippen molar-refractivity contribution in [3.05, 3.63) is 11.8 Å². The molecule has 0 spiro atoms. The third kappa shape index (κ3) is 2.26. The zero-order valence-electron chi connectivity index (χ0n) is 6.96. The molecule has 1 rings (SSSR count). The highest BCUT2D eigenvalue weighted by Gasteiger charge is 2.15. The fraction of sp³-hybridized carbons (Fsp3) is 0.625. The smallest absolute Gasteiger partial charge is 0.335 e. The van der Waals surface area contributed by atoms with Crippen LogP contribution in [0.3, 0.4) is 0 Å². The van der Waals surface area contributed by atoms with E-state index in [1.54, 1.807) is 0 Å². The lowest BCUT2D eigenvalue weighted by Crippen LogP contribution is -2.17. The molecule has 1 heterocycles. The topological polar surface area (TPSA) is 29.5 Å². The Labute approximate surface area is 66.6 Å². The summed E-state index contributed by atoms with van der Waals surface area (Å²) in [4.78, 5) is 12.9. The number of nitrogens with zero attached hydrogens (tertiary/aromatic N) is 1. The molecule has 0 amide bonds. The Kier molecular flexibility index (Phi) is 2.52. The maximum Gasteiger partial charge on any atom is 0.335 e. The molecule has 0 bridgehead atoms. The average Bonchev–Trinajstić information content (AvgIpc) is 1.93. The minimum absolute atomic E-state index is 0.162. The summed E-state index contributed by atoms with van der Waals surface area (Å²) >= 11 is 0. The van der Waals surface area contributed by atoms with Crippen LogP contribution in [0.25, 0.3) is 0 Å². The number of esters is 1. The minimum atomic E-state index is -0.162. The highest BCUT2D eigenvalue weighted by Crippen LogP contribution is 2.13. The van der Waals surface area contributed by atoms with Crippen molar-refractivity contribution in [1.29, 1.82) is 0 Å². The molecule has 0 aliphatic carbocycles. The number of hydrogen-bond acceptors (Lipinski definition) is 3. The van der Waals surface area contributed by atoms with E-state index in [4.69, 9.17) is 4.74 Å². The molecular formula is C8H13NO2. The molecule has 3 heteroatoms. The van der Waals surface area contributed by atoms with Gasteiger partial charge in [0.25, 0.3) is 0 Å². The van der Waals surface area contributed by atoms with Crippen LogP contribution in [0.1, 0.15) is 12.8 Å².